The van der Waals surface area contributed by atoms with Crippen molar-refractivity contribution in [2.24, 2.45) is 11.8 Å². The average Bonchev–Trinajstić information content (AvgIpc) is 2.87. The third kappa shape index (κ3) is 8.97. The number of ether oxygens (including phenoxy) is 1. The Morgan fingerprint density at radius 1 is 0.765 bits per heavy atom. The van der Waals surface area contributed by atoms with Crippen molar-refractivity contribution in [1.82, 2.24) is 0 Å². The van der Waals surface area contributed by atoms with Crippen LogP contribution in [0, 0.1) is 11.8 Å². The molecule has 2 aromatic carbocycles. The molecule has 1 nitrogen and oxygen atoms in total. The van der Waals surface area contributed by atoms with Crippen LogP contribution in [0.4, 0.5) is 0 Å². The molecule has 0 saturated heterocycles. The van der Waals surface area contributed by atoms with E-state index in [4.69, 9.17) is 4.74 Å². The van der Waals surface area contributed by atoms with Crippen LogP contribution in [0.25, 0.3) is 6.08 Å². The third-order valence-corrected chi connectivity index (χ3v) is 7.87. The van der Waals surface area contributed by atoms with E-state index in [0.717, 1.165) is 24.0 Å². The monoisotopic (exact) mass is 460 g/mol. The Bertz CT molecular complexity index is 839. The summed E-state index contributed by atoms with van der Waals surface area (Å²) in [4.78, 5) is 0. The molecule has 0 unspecified atom stereocenters. The second-order valence-electron chi connectivity index (χ2n) is 10.5. The summed E-state index contributed by atoms with van der Waals surface area (Å²) in [5, 5.41) is 0. The Morgan fingerprint density at radius 2 is 1.44 bits per heavy atom. The van der Waals surface area contributed by atoms with Crippen molar-refractivity contribution in [3.63, 3.8) is 0 Å². The highest BCUT2D eigenvalue weighted by Gasteiger charge is 2.20. The van der Waals surface area contributed by atoms with Gasteiger partial charge in [-0.25, -0.2) is 0 Å². The number of rotatable bonds is 14. The molecule has 186 valence electrons. The zero-order valence-electron chi connectivity index (χ0n) is 22.2. The van der Waals surface area contributed by atoms with Crippen molar-refractivity contribution in [3.05, 3.63) is 70.8 Å². The lowest BCUT2D eigenvalue weighted by atomic mass is 9.77. The van der Waals surface area contributed by atoms with E-state index >= 15 is 0 Å². The van der Waals surface area contributed by atoms with E-state index in [0.29, 0.717) is 0 Å². The Balaban J connectivity index is 1.31. The van der Waals surface area contributed by atoms with Gasteiger partial charge in [-0.2, -0.15) is 0 Å². The minimum atomic E-state index is 0.942. The molecule has 0 aliphatic heterocycles. The van der Waals surface area contributed by atoms with Crippen molar-refractivity contribution >= 4 is 6.08 Å². The fourth-order valence-electron chi connectivity index (χ4n) is 5.68. The summed E-state index contributed by atoms with van der Waals surface area (Å²) in [6.45, 7) is 4.35. The molecule has 0 amide bonds. The molecule has 0 heterocycles. The second-order valence-corrected chi connectivity index (χ2v) is 10.5. The molecule has 0 bridgehead atoms. The Hall–Kier alpha value is -2.02. The van der Waals surface area contributed by atoms with Crippen molar-refractivity contribution in [2.75, 3.05) is 7.11 Å². The minimum Gasteiger partial charge on any atom is -0.496 e. The molecule has 1 saturated carbocycles. The van der Waals surface area contributed by atoms with Gasteiger partial charge in [0, 0.05) is 0 Å². The molecule has 1 aliphatic carbocycles. The Labute approximate surface area is 210 Å². The Morgan fingerprint density at radius 3 is 2.12 bits per heavy atom. The van der Waals surface area contributed by atoms with E-state index in [1.165, 1.54) is 106 Å². The van der Waals surface area contributed by atoms with E-state index in [2.05, 4.69) is 68.5 Å². The smallest absolute Gasteiger partial charge is 0.122 e. The first-order valence-electron chi connectivity index (χ1n) is 14.1. The van der Waals surface area contributed by atoms with Gasteiger partial charge in [0.05, 0.1) is 7.11 Å². The van der Waals surface area contributed by atoms with Crippen LogP contribution in [0.3, 0.4) is 0 Å². The number of methoxy groups -OCH3 is 1. The third-order valence-electron chi connectivity index (χ3n) is 7.87. The summed E-state index contributed by atoms with van der Waals surface area (Å²) in [5.41, 5.74) is 5.71. The lowest BCUT2D eigenvalue weighted by Gasteiger charge is -2.28. The maximum Gasteiger partial charge on any atom is 0.122 e. The van der Waals surface area contributed by atoms with Gasteiger partial charge in [0.1, 0.15) is 5.75 Å². The van der Waals surface area contributed by atoms with Crippen LogP contribution < -0.4 is 4.74 Å². The molecule has 0 atom stereocenters. The molecular weight excluding hydrogens is 412 g/mol. The van der Waals surface area contributed by atoms with Crippen molar-refractivity contribution in [2.45, 2.75) is 104 Å². The van der Waals surface area contributed by atoms with E-state index in [9.17, 15) is 0 Å². The van der Waals surface area contributed by atoms with Crippen molar-refractivity contribution < 1.29 is 4.74 Å². The molecule has 2 aromatic rings. The van der Waals surface area contributed by atoms with Gasteiger partial charge in [-0.1, -0.05) is 107 Å². The van der Waals surface area contributed by atoms with Crippen LogP contribution in [0.5, 0.6) is 5.75 Å². The molecule has 0 spiro atoms. The number of hydrogen-bond donors (Lipinski definition) is 0. The summed E-state index contributed by atoms with van der Waals surface area (Å²) in [6.07, 6.45) is 23.0. The maximum atomic E-state index is 5.60. The average molecular weight is 461 g/mol. The minimum absolute atomic E-state index is 0.942. The quantitative estimate of drug-likeness (QED) is 0.255. The van der Waals surface area contributed by atoms with Gasteiger partial charge in [0.25, 0.3) is 0 Å². The van der Waals surface area contributed by atoms with Gasteiger partial charge in [0.2, 0.25) is 0 Å². The molecule has 1 fully saturated rings. The number of unbranched alkanes of at least 4 members (excludes halogenated alkanes) is 3. The number of benzene rings is 2. The highest BCUT2D eigenvalue weighted by atomic mass is 16.5. The summed E-state index contributed by atoms with van der Waals surface area (Å²) in [7, 11) is 1.80. The molecule has 0 aromatic heterocycles. The number of hydrogen-bond acceptors (Lipinski definition) is 1. The first kappa shape index (κ1) is 26.6. The predicted molar refractivity (Wildman–Crippen MR) is 149 cm³/mol. The molecule has 34 heavy (non-hydrogen) atoms. The topological polar surface area (TPSA) is 9.23 Å². The molecule has 1 aliphatic rings. The van der Waals surface area contributed by atoms with Crippen LogP contribution in [0.2, 0.25) is 0 Å². The lowest BCUT2D eigenvalue weighted by Crippen LogP contribution is -2.15. The zero-order valence-corrected chi connectivity index (χ0v) is 22.2. The van der Waals surface area contributed by atoms with Gasteiger partial charge in [-0.15, -0.1) is 0 Å². The molecule has 0 N–H and O–H groups in total. The highest BCUT2D eigenvalue weighted by molar-refractivity contribution is 5.49. The fraction of sp³-hybridized carbons (Fsp3) is 0.576. The summed E-state index contributed by atoms with van der Waals surface area (Å²) in [6, 6.07) is 16.0. The van der Waals surface area contributed by atoms with Crippen LogP contribution in [0.1, 0.15) is 107 Å². The maximum absolute atomic E-state index is 5.60. The highest BCUT2D eigenvalue weighted by Crippen LogP contribution is 2.34. The van der Waals surface area contributed by atoms with Crippen molar-refractivity contribution in [3.8, 4) is 5.75 Å². The number of allylic oxidation sites excluding steroid dienone is 1. The van der Waals surface area contributed by atoms with Gasteiger partial charge in [-0.05, 0) is 85.6 Å². The Kier molecular flexibility index (Phi) is 11.8. The lowest BCUT2D eigenvalue weighted by molar-refractivity contribution is 0.249. The predicted octanol–water partition coefficient (Wildman–Crippen LogP) is 9.61. The SMILES string of the molecule is CC=Cc1ccc(CCC2CCC(CCCCc3ccc(OC)c(CCCCC)c3)CC2)cc1. The van der Waals surface area contributed by atoms with Gasteiger partial charge in [-0.3, -0.25) is 0 Å². The van der Waals surface area contributed by atoms with Crippen LogP contribution >= 0.6 is 0 Å². The molecular formula is C33H48O. The van der Waals surface area contributed by atoms with Crippen LogP contribution in [0.15, 0.2) is 48.5 Å². The van der Waals surface area contributed by atoms with E-state index in [1.54, 1.807) is 7.11 Å². The van der Waals surface area contributed by atoms with E-state index in [-0.39, 0.29) is 0 Å². The van der Waals surface area contributed by atoms with Gasteiger partial charge in [0.15, 0.2) is 0 Å². The van der Waals surface area contributed by atoms with Crippen LogP contribution in [-0.4, -0.2) is 7.11 Å². The van der Waals surface area contributed by atoms with Gasteiger partial charge < -0.3 is 4.74 Å². The second kappa shape index (κ2) is 15.1. The fourth-order valence-corrected chi connectivity index (χ4v) is 5.68. The van der Waals surface area contributed by atoms with E-state index < -0.39 is 0 Å². The first-order valence-corrected chi connectivity index (χ1v) is 14.1. The van der Waals surface area contributed by atoms with Crippen molar-refractivity contribution in [1.29, 1.82) is 0 Å². The first-order chi connectivity index (χ1) is 16.7. The normalized spacial score (nSPS) is 18.4. The van der Waals surface area contributed by atoms with Gasteiger partial charge >= 0.3 is 0 Å². The zero-order chi connectivity index (χ0) is 24.0. The number of aryl methyl sites for hydroxylation is 3. The molecule has 1 heteroatoms. The van der Waals surface area contributed by atoms with Crippen LogP contribution in [-0.2, 0) is 19.3 Å². The summed E-state index contributed by atoms with van der Waals surface area (Å²) >= 11 is 0. The molecule has 0 radical (unpaired) electrons. The molecule has 3 rings (SSSR count). The standard InChI is InChI=1S/C33H48O/c1-4-6-7-13-32-26-31(24-25-33(32)34-3)12-9-8-11-28-16-20-30(21-17-28)23-22-29-18-14-27(10-5-2)15-19-29/h5,10,14-15,18-19,24-26,28,30H,4,6-9,11-13,16-17,20-23H2,1-3H3. The van der Waals surface area contributed by atoms with E-state index in [1.807, 2.05) is 0 Å². The summed E-state index contributed by atoms with van der Waals surface area (Å²) < 4.78 is 5.60. The summed E-state index contributed by atoms with van der Waals surface area (Å²) in [5.74, 6) is 2.98. The largest absolute Gasteiger partial charge is 0.496 e.